The zero-order valence-electron chi connectivity index (χ0n) is 4.83. The first-order chi connectivity index (χ1) is 3.79. The Hall–Kier alpha value is -0.370. The highest BCUT2D eigenvalue weighted by atomic mass is 32.1. The number of allylic oxidation sites excluding steroid dienone is 1. The van der Waals surface area contributed by atoms with Crippen LogP contribution < -0.4 is 0 Å². The maximum absolute atomic E-state index is 4.15. The minimum atomic E-state index is 0.981. The van der Waals surface area contributed by atoms with Crippen LogP contribution in [0.2, 0.25) is 0 Å². The summed E-state index contributed by atoms with van der Waals surface area (Å²) in [7, 11) is 2.03. The molecule has 0 atom stereocenters. The Morgan fingerprint density at radius 3 is 2.88 bits per heavy atom. The van der Waals surface area contributed by atoms with Gasteiger partial charge in [-0.1, -0.05) is 6.08 Å². The van der Waals surface area contributed by atoms with E-state index in [2.05, 4.69) is 23.6 Å². The van der Waals surface area contributed by atoms with Crippen LogP contribution in [0.25, 0.3) is 0 Å². The van der Waals surface area contributed by atoms with E-state index in [0.29, 0.717) is 0 Å². The standard InChI is InChI=1S/C6H9NS/c1-7-4-2-6(8)3-5-7/h2-4,8H,5H2,1H3. The average Bonchev–Trinajstić information content (AvgIpc) is 1.77. The van der Waals surface area contributed by atoms with Gasteiger partial charge < -0.3 is 4.90 Å². The summed E-state index contributed by atoms with van der Waals surface area (Å²) in [5.41, 5.74) is 0. The molecule has 0 aromatic rings. The van der Waals surface area contributed by atoms with Gasteiger partial charge in [-0.25, -0.2) is 0 Å². The second-order valence-electron chi connectivity index (χ2n) is 1.88. The molecule has 8 heavy (non-hydrogen) atoms. The molecule has 1 aliphatic heterocycles. The van der Waals surface area contributed by atoms with Crippen molar-refractivity contribution < 1.29 is 0 Å². The number of likely N-dealkylation sites (N-methyl/N-ethyl adjacent to an activating group) is 1. The van der Waals surface area contributed by atoms with E-state index in [4.69, 9.17) is 0 Å². The van der Waals surface area contributed by atoms with Gasteiger partial charge in [-0.05, 0) is 6.08 Å². The molecule has 0 aromatic carbocycles. The largest absolute Gasteiger partial charge is 0.377 e. The highest BCUT2D eigenvalue weighted by Crippen LogP contribution is 2.07. The van der Waals surface area contributed by atoms with E-state index < -0.39 is 0 Å². The molecule has 1 aliphatic rings. The van der Waals surface area contributed by atoms with Crippen molar-refractivity contribution in [2.45, 2.75) is 0 Å². The Balaban J connectivity index is 2.58. The molecule has 1 nitrogen and oxygen atoms in total. The first-order valence-corrected chi connectivity index (χ1v) is 3.01. The number of nitrogens with zero attached hydrogens (tertiary/aromatic N) is 1. The highest BCUT2D eigenvalue weighted by molar-refractivity contribution is 7.84. The van der Waals surface area contributed by atoms with E-state index in [1.54, 1.807) is 0 Å². The van der Waals surface area contributed by atoms with Gasteiger partial charge >= 0.3 is 0 Å². The van der Waals surface area contributed by atoms with Crippen molar-refractivity contribution in [2.75, 3.05) is 13.6 Å². The molecule has 0 unspecified atom stereocenters. The topological polar surface area (TPSA) is 3.24 Å². The summed E-state index contributed by atoms with van der Waals surface area (Å²) >= 11 is 4.15. The number of hydrogen-bond acceptors (Lipinski definition) is 2. The molecule has 0 amide bonds. The lowest BCUT2D eigenvalue weighted by Crippen LogP contribution is -2.12. The van der Waals surface area contributed by atoms with E-state index in [0.717, 1.165) is 11.4 Å². The summed E-state index contributed by atoms with van der Waals surface area (Å²) < 4.78 is 0. The fraction of sp³-hybridized carbons (Fsp3) is 0.333. The number of rotatable bonds is 0. The summed E-state index contributed by atoms with van der Waals surface area (Å²) in [4.78, 5) is 3.16. The summed E-state index contributed by atoms with van der Waals surface area (Å²) in [6, 6.07) is 0. The summed E-state index contributed by atoms with van der Waals surface area (Å²) in [6.45, 7) is 0.981. The van der Waals surface area contributed by atoms with Crippen LogP contribution in [0.1, 0.15) is 0 Å². The molecule has 2 heteroatoms. The quantitative estimate of drug-likeness (QED) is 0.479. The molecular weight excluding hydrogens is 118 g/mol. The van der Waals surface area contributed by atoms with Crippen molar-refractivity contribution in [2.24, 2.45) is 0 Å². The van der Waals surface area contributed by atoms with Crippen molar-refractivity contribution >= 4 is 12.6 Å². The zero-order valence-corrected chi connectivity index (χ0v) is 5.73. The van der Waals surface area contributed by atoms with Crippen molar-refractivity contribution in [1.82, 2.24) is 4.90 Å². The monoisotopic (exact) mass is 127 g/mol. The first-order valence-electron chi connectivity index (χ1n) is 2.56. The molecule has 1 rings (SSSR count). The number of hydrogen-bond donors (Lipinski definition) is 1. The molecule has 0 fully saturated rings. The third kappa shape index (κ3) is 1.30. The van der Waals surface area contributed by atoms with Gasteiger partial charge in [-0.15, -0.1) is 12.6 Å². The minimum Gasteiger partial charge on any atom is -0.377 e. The molecule has 0 saturated carbocycles. The normalized spacial score (nSPS) is 18.8. The molecule has 44 valence electrons. The van der Waals surface area contributed by atoms with Crippen molar-refractivity contribution in [3.63, 3.8) is 0 Å². The molecule has 0 radical (unpaired) electrons. The van der Waals surface area contributed by atoms with Crippen molar-refractivity contribution in [1.29, 1.82) is 0 Å². The molecular formula is C6H9NS. The maximum Gasteiger partial charge on any atom is 0.0364 e. The van der Waals surface area contributed by atoms with E-state index >= 15 is 0 Å². The molecule has 1 heterocycles. The van der Waals surface area contributed by atoms with Crippen LogP contribution in [0.5, 0.6) is 0 Å². The third-order valence-electron chi connectivity index (χ3n) is 1.09. The van der Waals surface area contributed by atoms with Crippen molar-refractivity contribution in [3.8, 4) is 0 Å². The van der Waals surface area contributed by atoms with Gasteiger partial charge in [-0.3, -0.25) is 0 Å². The van der Waals surface area contributed by atoms with Gasteiger partial charge in [-0.2, -0.15) is 0 Å². The molecule has 0 spiro atoms. The smallest absolute Gasteiger partial charge is 0.0364 e. The van der Waals surface area contributed by atoms with Gasteiger partial charge in [0.15, 0.2) is 0 Å². The third-order valence-corrected chi connectivity index (χ3v) is 1.42. The van der Waals surface area contributed by atoms with E-state index in [1.165, 1.54) is 0 Å². The maximum atomic E-state index is 4.15. The summed E-state index contributed by atoms with van der Waals surface area (Å²) in [6.07, 6.45) is 6.07. The zero-order chi connectivity index (χ0) is 5.98. The lowest BCUT2D eigenvalue weighted by atomic mass is 10.4. The van der Waals surface area contributed by atoms with Crippen LogP contribution in [0.4, 0.5) is 0 Å². The number of thiol groups is 1. The predicted octanol–water partition coefficient (Wildman–Crippen LogP) is 1.26. The Labute approximate surface area is 55.1 Å². The van der Waals surface area contributed by atoms with Crippen LogP contribution in [-0.4, -0.2) is 18.5 Å². The van der Waals surface area contributed by atoms with Crippen LogP contribution in [-0.2, 0) is 0 Å². The second kappa shape index (κ2) is 2.27. The minimum absolute atomic E-state index is 0.981. The molecule has 0 N–H and O–H groups in total. The Kier molecular flexibility index (Phi) is 1.63. The molecule has 0 aliphatic carbocycles. The van der Waals surface area contributed by atoms with Gasteiger partial charge in [0.25, 0.3) is 0 Å². The van der Waals surface area contributed by atoms with E-state index in [1.807, 2.05) is 19.3 Å². The lowest BCUT2D eigenvalue weighted by Gasteiger charge is -2.14. The van der Waals surface area contributed by atoms with E-state index in [-0.39, 0.29) is 0 Å². The molecule has 0 bridgehead atoms. The summed E-state index contributed by atoms with van der Waals surface area (Å²) in [5.74, 6) is 0. The second-order valence-corrected chi connectivity index (χ2v) is 2.40. The van der Waals surface area contributed by atoms with E-state index in [9.17, 15) is 0 Å². The van der Waals surface area contributed by atoms with Crippen LogP contribution in [0.15, 0.2) is 23.3 Å². The SMILES string of the molecule is CN1C=CC(S)=CC1. The van der Waals surface area contributed by atoms with Gasteiger partial charge in [0.2, 0.25) is 0 Å². The fourth-order valence-corrected chi connectivity index (χ4v) is 0.718. The van der Waals surface area contributed by atoms with Crippen molar-refractivity contribution in [3.05, 3.63) is 23.3 Å². The van der Waals surface area contributed by atoms with Gasteiger partial charge in [0.1, 0.15) is 0 Å². The molecule has 0 aromatic heterocycles. The average molecular weight is 127 g/mol. The van der Waals surface area contributed by atoms with Gasteiger partial charge in [0.05, 0.1) is 0 Å². The van der Waals surface area contributed by atoms with Crippen LogP contribution in [0.3, 0.4) is 0 Å². The Bertz CT molecular complexity index is 137. The Morgan fingerprint density at radius 2 is 2.50 bits per heavy atom. The lowest BCUT2D eigenvalue weighted by molar-refractivity contribution is 0.504. The predicted molar refractivity (Wildman–Crippen MR) is 38.8 cm³/mol. The van der Waals surface area contributed by atoms with Crippen LogP contribution in [0, 0.1) is 0 Å². The van der Waals surface area contributed by atoms with Crippen LogP contribution >= 0.6 is 12.6 Å². The summed E-state index contributed by atoms with van der Waals surface area (Å²) in [5, 5.41) is 0. The highest BCUT2D eigenvalue weighted by Gasteiger charge is 1.93. The van der Waals surface area contributed by atoms with Gasteiger partial charge in [0, 0.05) is 24.7 Å². The Morgan fingerprint density at radius 1 is 1.75 bits per heavy atom. The fourth-order valence-electron chi connectivity index (χ4n) is 0.570. The first kappa shape index (κ1) is 5.76. The molecule has 0 saturated heterocycles.